The lowest BCUT2D eigenvalue weighted by Crippen LogP contribution is -2.20. The summed E-state index contributed by atoms with van der Waals surface area (Å²) in [6.45, 7) is 7.24. The first-order valence-electron chi connectivity index (χ1n) is 10.8. The molecule has 0 aliphatic heterocycles. The van der Waals surface area contributed by atoms with E-state index in [2.05, 4.69) is 5.32 Å². The maximum Gasteiger partial charge on any atom is 0.182 e. The lowest BCUT2D eigenvalue weighted by atomic mass is 10.1. The average Bonchev–Trinajstić information content (AvgIpc) is 3.52. The van der Waals surface area contributed by atoms with Crippen molar-refractivity contribution in [1.29, 1.82) is 0 Å². The van der Waals surface area contributed by atoms with Crippen LogP contribution in [0.25, 0.3) is 0 Å². The Kier molecular flexibility index (Phi) is 9.30. The minimum atomic E-state index is -1.11. The van der Waals surface area contributed by atoms with Crippen molar-refractivity contribution in [2.24, 2.45) is 0 Å². The monoisotopic (exact) mass is 471 g/mol. The summed E-state index contributed by atoms with van der Waals surface area (Å²) in [6.07, 6.45) is 1.26. The molecular weight excluding hydrogens is 439 g/mol. The Hall–Kier alpha value is -1.90. The predicted molar refractivity (Wildman–Crippen MR) is 124 cm³/mol. The molecule has 0 aromatic heterocycles. The van der Waals surface area contributed by atoms with Crippen molar-refractivity contribution < 1.29 is 28.1 Å². The van der Waals surface area contributed by atoms with Crippen molar-refractivity contribution in [3.63, 3.8) is 0 Å². The highest BCUT2D eigenvalue weighted by atomic mass is 32.2. The van der Waals surface area contributed by atoms with E-state index in [-0.39, 0.29) is 33.7 Å². The Morgan fingerprint density at radius 3 is 2.34 bits per heavy atom. The second kappa shape index (κ2) is 11.3. The minimum absolute atomic E-state index is 0.0300. The van der Waals surface area contributed by atoms with E-state index in [0.717, 1.165) is 18.9 Å². The number of hydrogen-bond acceptors (Lipinski definition) is 5. The molecule has 0 saturated heterocycles. The summed E-state index contributed by atoms with van der Waals surface area (Å²) < 4.78 is 48.6. The second-order valence-corrected chi connectivity index (χ2v) is 9.56. The molecular formula is C24H32F3NO3S. The molecule has 8 heteroatoms. The Morgan fingerprint density at radius 1 is 1.16 bits per heavy atom. The first kappa shape index (κ1) is 26.4. The van der Waals surface area contributed by atoms with Crippen molar-refractivity contribution in [2.75, 3.05) is 19.0 Å². The van der Waals surface area contributed by atoms with E-state index in [1.54, 1.807) is 13.0 Å². The summed E-state index contributed by atoms with van der Waals surface area (Å²) in [5.41, 5.74) is 0.944. The van der Waals surface area contributed by atoms with Crippen molar-refractivity contribution in [3.05, 3.63) is 52.8 Å². The number of hydrogen-bond donors (Lipinski definition) is 3. The largest absolute Gasteiger partial charge is 0.496 e. The first-order chi connectivity index (χ1) is 15.2. The molecule has 2 atom stereocenters. The van der Waals surface area contributed by atoms with Crippen molar-refractivity contribution >= 4 is 23.1 Å². The number of aliphatic hydroxyl groups is 2. The maximum absolute atomic E-state index is 14.9. The van der Waals surface area contributed by atoms with E-state index < -0.39 is 23.6 Å². The molecule has 2 aromatic rings. The van der Waals surface area contributed by atoms with Gasteiger partial charge < -0.3 is 20.3 Å². The molecule has 1 unspecified atom stereocenters. The van der Waals surface area contributed by atoms with Crippen LogP contribution in [-0.2, 0) is 0 Å². The summed E-state index contributed by atoms with van der Waals surface area (Å²) in [5.74, 6) is -2.63. The van der Waals surface area contributed by atoms with Gasteiger partial charge in [0.1, 0.15) is 11.6 Å². The molecule has 0 radical (unpaired) electrons. The molecule has 1 aliphatic rings. The van der Waals surface area contributed by atoms with Crippen LogP contribution in [0.15, 0.2) is 24.3 Å². The van der Waals surface area contributed by atoms with E-state index in [1.165, 1.54) is 31.0 Å². The van der Waals surface area contributed by atoms with Gasteiger partial charge in [0.05, 0.1) is 31.2 Å². The van der Waals surface area contributed by atoms with Gasteiger partial charge in [-0.05, 0) is 50.8 Å². The highest BCUT2D eigenvalue weighted by Crippen LogP contribution is 2.58. The standard InChI is InChI=1S/C22H26F3NO3S.C2H6/c1-12-4-5-17(15(23)8-12)26-21-19(18(29-3)9-16(24)20(21)25)13(2)30-22(6-7-22)10-14(28)11-27;1-2/h4-5,8-9,13-14,26-28H,6-7,10-11H2,1-3H3;1-2H3/t13?,14-;/m0./s1. The zero-order chi connectivity index (χ0) is 24.1. The van der Waals surface area contributed by atoms with Crippen LogP contribution >= 0.6 is 11.8 Å². The van der Waals surface area contributed by atoms with Gasteiger partial charge in [0.15, 0.2) is 11.6 Å². The van der Waals surface area contributed by atoms with Gasteiger partial charge in [-0.3, -0.25) is 0 Å². The Bertz CT molecular complexity index is 922. The summed E-state index contributed by atoms with van der Waals surface area (Å²) in [5, 5.41) is 21.4. The van der Waals surface area contributed by atoms with E-state index >= 15 is 0 Å². The van der Waals surface area contributed by atoms with Gasteiger partial charge in [-0.25, -0.2) is 13.2 Å². The molecule has 1 saturated carbocycles. The SMILES string of the molecule is CC.COc1cc(F)c(F)c(Nc2ccc(C)cc2F)c1C(C)SC1(C[C@H](O)CO)CC1. The number of aryl methyl sites for hydroxylation is 1. The molecule has 2 aromatic carbocycles. The third kappa shape index (κ3) is 6.11. The van der Waals surface area contributed by atoms with E-state index in [4.69, 9.17) is 9.84 Å². The molecule has 0 spiro atoms. The highest BCUT2D eigenvalue weighted by molar-refractivity contribution is 8.01. The Labute approximate surface area is 192 Å². The Balaban J connectivity index is 0.00000176. The van der Waals surface area contributed by atoms with Gasteiger partial charge in [-0.2, -0.15) is 0 Å². The lowest BCUT2D eigenvalue weighted by molar-refractivity contribution is 0.0864. The normalized spacial score (nSPS) is 15.9. The maximum atomic E-state index is 14.9. The van der Waals surface area contributed by atoms with E-state index in [9.17, 15) is 18.3 Å². The van der Waals surface area contributed by atoms with Crippen LogP contribution in [0, 0.1) is 24.4 Å². The summed E-state index contributed by atoms with van der Waals surface area (Å²) >= 11 is 1.51. The number of ether oxygens (including phenoxy) is 1. The quantitative estimate of drug-likeness (QED) is 0.403. The minimum Gasteiger partial charge on any atom is -0.496 e. The molecule has 0 amide bonds. The predicted octanol–water partition coefficient (Wildman–Crippen LogP) is 6.26. The molecule has 178 valence electrons. The van der Waals surface area contributed by atoms with Crippen LogP contribution in [0.4, 0.5) is 24.5 Å². The van der Waals surface area contributed by atoms with Crippen LogP contribution in [0.5, 0.6) is 5.75 Å². The van der Waals surface area contributed by atoms with Crippen molar-refractivity contribution in [1.82, 2.24) is 0 Å². The average molecular weight is 472 g/mol. The fourth-order valence-corrected chi connectivity index (χ4v) is 5.33. The van der Waals surface area contributed by atoms with Crippen LogP contribution in [0.2, 0.25) is 0 Å². The molecule has 3 rings (SSSR count). The third-order valence-electron chi connectivity index (χ3n) is 5.29. The van der Waals surface area contributed by atoms with Gasteiger partial charge in [-0.15, -0.1) is 11.8 Å². The van der Waals surface area contributed by atoms with Crippen molar-refractivity contribution in [3.8, 4) is 5.75 Å². The van der Waals surface area contributed by atoms with Gasteiger partial charge in [0, 0.05) is 21.6 Å². The summed E-state index contributed by atoms with van der Waals surface area (Å²) in [6, 6.07) is 5.45. The van der Waals surface area contributed by atoms with Gasteiger partial charge in [0.25, 0.3) is 0 Å². The van der Waals surface area contributed by atoms with Crippen molar-refractivity contribution in [2.45, 2.75) is 63.1 Å². The summed E-state index contributed by atoms with van der Waals surface area (Å²) in [7, 11) is 1.37. The third-order valence-corrected chi connectivity index (χ3v) is 6.95. The van der Waals surface area contributed by atoms with Crippen LogP contribution < -0.4 is 10.1 Å². The highest BCUT2D eigenvalue weighted by Gasteiger charge is 2.46. The van der Waals surface area contributed by atoms with Crippen LogP contribution in [0.3, 0.4) is 0 Å². The van der Waals surface area contributed by atoms with Gasteiger partial charge >= 0.3 is 0 Å². The topological polar surface area (TPSA) is 61.7 Å². The van der Waals surface area contributed by atoms with E-state index in [1.807, 2.05) is 20.8 Å². The fraction of sp³-hybridized carbons (Fsp3) is 0.500. The zero-order valence-corrected chi connectivity index (χ0v) is 20.0. The van der Waals surface area contributed by atoms with E-state index in [0.29, 0.717) is 17.5 Å². The molecule has 1 fully saturated rings. The van der Waals surface area contributed by atoms with Crippen LogP contribution in [-0.4, -0.2) is 34.8 Å². The summed E-state index contributed by atoms with van der Waals surface area (Å²) in [4.78, 5) is 0. The second-order valence-electron chi connectivity index (χ2n) is 7.76. The number of rotatable bonds is 9. The molecule has 3 N–H and O–H groups in total. The molecule has 1 aliphatic carbocycles. The first-order valence-corrected chi connectivity index (χ1v) is 11.6. The van der Waals surface area contributed by atoms with Crippen LogP contribution in [0.1, 0.15) is 56.4 Å². The Morgan fingerprint density at radius 2 is 1.81 bits per heavy atom. The molecule has 4 nitrogen and oxygen atoms in total. The molecule has 0 heterocycles. The number of halogens is 3. The smallest absolute Gasteiger partial charge is 0.182 e. The lowest BCUT2D eigenvalue weighted by Gasteiger charge is -2.26. The number of benzene rings is 2. The molecule has 32 heavy (non-hydrogen) atoms. The number of thioether (sulfide) groups is 1. The fourth-order valence-electron chi connectivity index (χ4n) is 3.61. The molecule has 0 bridgehead atoms. The number of anilines is 2. The number of nitrogens with one attached hydrogen (secondary N) is 1. The van der Waals surface area contributed by atoms with Gasteiger partial charge in [-0.1, -0.05) is 19.9 Å². The zero-order valence-electron chi connectivity index (χ0n) is 19.1. The number of aliphatic hydroxyl groups excluding tert-OH is 2. The van der Waals surface area contributed by atoms with Gasteiger partial charge in [0.2, 0.25) is 0 Å². The number of methoxy groups -OCH3 is 1.